The van der Waals surface area contributed by atoms with Crippen molar-refractivity contribution in [2.45, 2.75) is 32.8 Å². The highest BCUT2D eigenvalue weighted by Gasteiger charge is 2.26. The van der Waals surface area contributed by atoms with Crippen molar-refractivity contribution in [3.63, 3.8) is 0 Å². The van der Waals surface area contributed by atoms with Crippen LogP contribution < -0.4 is 14.8 Å². The Morgan fingerprint density at radius 3 is 2.50 bits per heavy atom. The van der Waals surface area contributed by atoms with E-state index < -0.39 is 5.60 Å². The van der Waals surface area contributed by atoms with Gasteiger partial charge in [-0.05, 0) is 44.5 Å². The Balaban J connectivity index is 2.75. The van der Waals surface area contributed by atoms with E-state index in [2.05, 4.69) is 19.2 Å². The Kier molecular flexibility index (Phi) is 6.30. The highest BCUT2D eigenvalue weighted by molar-refractivity contribution is 5.43. The third kappa shape index (κ3) is 4.69. The van der Waals surface area contributed by atoms with Gasteiger partial charge in [-0.3, -0.25) is 0 Å². The van der Waals surface area contributed by atoms with Gasteiger partial charge in [0, 0.05) is 11.6 Å². The summed E-state index contributed by atoms with van der Waals surface area (Å²) in [7, 11) is 3.22. The Labute approximate surface area is 122 Å². The van der Waals surface area contributed by atoms with Crippen molar-refractivity contribution >= 4 is 0 Å². The maximum atomic E-state index is 10.7. The zero-order valence-corrected chi connectivity index (χ0v) is 13.2. The molecule has 0 saturated carbocycles. The summed E-state index contributed by atoms with van der Waals surface area (Å²) in [6.45, 7) is 7.86. The lowest BCUT2D eigenvalue weighted by molar-refractivity contribution is 0.0453. The fourth-order valence-electron chi connectivity index (χ4n) is 2.10. The fourth-order valence-corrected chi connectivity index (χ4v) is 2.10. The van der Waals surface area contributed by atoms with E-state index in [1.165, 1.54) is 0 Å². The molecule has 0 aromatic heterocycles. The van der Waals surface area contributed by atoms with Gasteiger partial charge in [0.2, 0.25) is 0 Å². The molecule has 0 radical (unpaired) electrons. The third-order valence-corrected chi connectivity index (χ3v) is 3.33. The molecule has 1 atom stereocenters. The quantitative estimate of drug-likeness (QED) is 0.719. The van der Waals surface area contributed by atoms with Gasteiger partial charge in [0.15, 0.2) is 0 Å². The van der Waals surface area contributed by atoms with Crippen LogP contribution in [-0.2, 0) is 5.60 Å². The summed E-state index contributed by atoms with van der Waals surface area (Å²) in [5.41, 5.74) is -0.145. The minimum absolute atomic E-state index is 0.607. The molecule has 0 aliphatic rings. The number of benzene rings is 1. The summed E-state index contributed by atoms with van der Waals surface area (Å²) < 4.78 is 10.5. The Morgan fingerprint density at radius 2 is 1.95 bits per heavy atom. The fraction of sp³-hybridized carbons (Fsp3) is 0.625. The van der Waals surface area contributed by atoms with Crippen LogP contribution in [0.25, 0.3) is 0 Å². The lowest BCUT2D eigenvalue weighted by Crippen LogP contribution is -2.30. The first kappa shape index (κ1) is 16.8. The molecule has 1 aromatic rings. The van der Waals surface area contributed by atoms with Crippen LogP contribution >= 0.6 is 0 Å². The minimum Gasteiger partial charge on any atom is -0.497 e. The zero-order valence-electron chi connectivity index (χ0n) is 13.2. The standard InChI is InChI=1S/C16H27NO3/c1-12(2)11-17-9-8-16(3,18)14-7-6-13(19-4)10-15(14)20-5/h6-7,10,12,17-18H,8-9,11H2,1-5H3. The Bertz CT molecular complexity index is 416. The van der Waals surface area contributed by atoms with Gasteiger partial charge in [0.05, 0.1) is 19.8 Å². The first-order valence-electron chi connectivity index (χ1n) is 7.06. The maximum absolute atomic E-state index is 10.7. The van der Waals surface area contributed by atoms with E-state index in [4.69, 9.17) is 9.47 Å². The zero-order chi connectivity index (χ0) is 15.2. The van der Waals surface area contributed by atoms with Crippen molar-refractivity contribution in [1.29, 1.82) is 0 Å². The van der Waals surface area contributed by atoms with E-state index in [9.17, 15) is 5.11 Å². The largest absolute Gasteiger partial charge is 0.497 e. The van der Waals surface area contributed by atoms with Crippen LogP contribution in [0.15, 0.2) is 18.2 Å². The van der Waals surface area contributed by atoms with Crippen LogP contribution in [0.1, 0.15) is 32.8 Å². The molecule has 0 fully saturated rings. The monoisotopic (exact) mass is 281 g/mol. The summed E-state index contributed by atoms with van der Waals surface area (Å²) in [5, 5.41) is 14.0. The molecule has 20 heavy (non-hydrogen) atoms. The van der Waals surface area contributed by atoms with Gasteiger partial charge in [0.25, 0.3) is 0 Å². The molecular weight excluding hydrogens is 254 g/mol. The van der Waals surface area contributed by atoms with Gasteiger partial charge in [-0.1, -0.05) is 13.8 Å². The highest BCUT2D eigenvalue weighted by Crippen LogP contribution is 2.34. The molecule has 0 aliphatic heterocycles. The molecule has 0 heterocycles. The predicted octanol–water partition coefficient (Wildman–Crippen LogP) is 2.55. The molecule has 1 aromatic carbocycles. The van der Waals surface area contributed by atoms with Crippen molar-refractivity contribution < 1.29 is 14.6 Å². The number of aliphatic hydroxyl groups is 1. The van der Waals surface area contributed by atoms with Crippen molar-refractivity contribution in [1.82, 2.24) is 5.32 Å². The van der Waals surface area contributed by atoms with E-state index in [0.717, 1.165) is 24.4 Å². The number of hydrogen-bond acceptors (Lipinski definition) is 4. The summed E-state index contributed by atoms with van der Waals surface area (Å²) in [5.74, 6) is 1.98. The maximum Gasteiger partial charge on any atom is 0.128 e. The molecule has 1 unspecified atom stereocenters. The van der Waals surface area contributed by atoms with Crippen molar-refractivity contribution in [2.24, 2.45) is 5.92 Å². The topological polar surface area (TPSA) is 50.7 Å². The van der Waals surface area contributed by atoms with Crippen LogP contribution in [0.3, 0.4) is 0 Å². The molecule has 1 rings (SSSR count). The van der Waals surface area contributed by atoms with Gasteiger partial charge < -0.3 is 19.9 Å². The molecule has 0 spiro atoms. The van der Waals surface area contributed by atoms with Gasteiger partial charge in [-0.25, -0.2) is 0 Å². The van der Waals surface area contributed by atoms with Crippen molar-refractivity contribution in [2.75, 3.05) is 27.3 Å². The lowest BCUT2D eigenvalue weighted by Gasteiger charge is -2.26. The second-order valence-corrected chi connectivity index (χ2v) is 5.69. The third-order valence-electron chi connectivity index (χ3n) is 3.33. The van der Waals surface area contributed by atoms with Crippen LogP contribution in [0.2, 0.25) is 0 Å². The minimum atomic E-state index is -0.929. The van der Waals surface area contributed by atoms with Crippen LogP contribution in [0, 0.1) is 5.92 Å². The van der Waals surface area contributed by atoms with Crippen molar-refractivity contribution in [3.05, 3.63) is 23.8 Å². The average molecular weight is 281 g/mol. The summed E-state index contributed by atoms with van der Waals surface area (Å²) in [6.07, 6.45) is 0.627. The van der Waals surface area contributed by atoms with E-state index in [1.54, 1.807) is 20.3 Å². The molecular formula is C16H27NO3. The van der Waals surface area contributed by atoms with E-state index in [0.29, 0.717) is 18.1 Å². The highest BCUT2D eigenvalue weighted by atomic mass is 16.5. The average Bonchev–Trinajstić information content (AvgIpc) is 2.42. The molecule has 2 N–H and O–H groups in total. The SMILES string of the molecule is COc1ccc(C(C)(O)CCNCC(C)C)c(OC)c1. The lowest BCUT2D eigenvalue weighted by atomic mass is 9.91. The van der Waals surface area contributed by atoms with E-state index in [-0.39, 0.29) is 0 Å². The van der Waals surface area contributed by atoms with Gasteiger partial charge in [-0.2, -0.15) is 0 Å². The molecule has 0 bridgehead atoms. The predicted molar refractivity (Wildman–Crippen MR) is 81.4 cm³/mol. The second kappa shape index (κ2) is 7.50. The number of hydrogen-bond donors (Lipinski definition) is 2. The smallest absolute Gasteiger partial charge is 0.128 e. The molecule has 0 aliphatic carbocycles. The normalized spacial score (nSPS) is 14.2. The molecule has 0 amide bonds. The summed E-state index contributed by atoms with van der Waals surface area (Å²) >= 11 is 0. The first-order chi connectivity index (χ1) is 9.40. The van der Waals surface area contributed by atoms with Crippen LogP contribution in [-0.4, -0.2) is 32.4 Å². The molecule has 0 saturated heterocycles. The molecule has 4 heteroatoms. The number of nitrogens with one attached hydrogen (secondary N) is 1. The van der Waals surface area contributed by atoms with Crippen molar-refractivity contribution in [3.8, 4) is 11.5 Å². The van der Waals surface area contributed by atoms with Gasteiger partial charge >= 0.3 is 0 Å². The number of ether oxygens (including phenoxy) is 2. The number of rotatable bonds is 8. The summed E-state index contributed by atoms with van der Waals surface area (Å²) in [6, 6.07) is 5.50. The number of methoxy groups -OCH3 is 2. The van der Waals surface area contributed by atoms with Gasteiger partial charge in [0.1, 0.15) is 11.5 Å². The first-order valence-corrected chi connectivity index (χ1v) is 7.06. The van der Waals surface area contributed by atoms with Gasteiger partial charge in [-0.15, -0.1) is 0 Å². The Morgan fingerprint density at radius 1 is 1.25 bits per heavy atom. The summed E-state index contributed by atoms with van der Waals surface area (Å²) in [4.78, 5) is 0. The van der Waals surface area contributed by atoms with E-state index >= 15 is 0 Å². The van der Waals surface area contributed by atoms with Crippen LogP contribution in [0.4, 0.5) is 0 Å². The molecule has 4 nitrogen and oxygen atoms in total. The Hall–Kier alpha value is -1.26. The van der Waals surface area contributed by atoms with E-state index in [1.807, 2.05) is 19.1 Å². The van der Waals surface area contributed by atoms with Crippen LogP contribution in [0.5, 0.6) is 11.5 Å². The molecule has 114 valence electrons. The second-order valence-electron chi connectivity index (χ2n) is 5.69.